The molecule has 0 saturated carbocycles. The van der Waals surface area contributed by atoms with Crippen LogP contribution >= 0.6 is 11.9 Å². The van der Waals surface area contributed by atoms with Crippen LogP contribution in [0.15, 0.2) is 59.8 Å². The third kappa shape index (κ3) is 6.08. The number of likely N-dealkylation sites (N-methyl/N-ethyl adjacent to an activating group) is 1. The van der Waals surface area contributed by atoms with Crippen LogP contribution in [0.1, 0.15) is 37.8 Å². The topological polar surface area (TPSA) is 71.3 Å². The van der Waals surface area contributed by atoms with Crippen molar-refractivity contribution in [1.82, 2.24) is 24.6 Å². The molecule has 0 bridgehead atoms. The summed E-state index contributed by atoms with van der Waals surface area (Å²) < 4.78 is 27.2. The number of anilines is 2. The molecule has 1 fully saturated rings. The maximum atomic E-state index is 15.9. The minimum Gasteiger partial charge on any atom is -0.435 e. The first-order valence-electron chi connectivity index (χ1n) is 13.7. The molecular weight excluding hydrogens is 525 g/mol. The summed E-state index contributed by atoms with van der Waals surface area (Å²) in [7, 11) is 3.95. The van der Waals surface area contributed by atoms with Crippen LogP contribution < -0.4 is 14.4 Å². The van der Waals surface area contributed by atoms with Crippen LogP contribution in [0.25, 0.3) is 11.3 Å². The van der Waals surface area contributed by atoms with Gasteiger partial charge in [-0.25, -0.2) is 9.37 Å². The van der Waals surface area contributed by atoms with Gasteiger partial charge in [-0.3, -0.25) is 9.40 Å². The van der Waals surface area contributed by atoms with Gasteiger partial charge in [-0.15, -0.1) is 0 Å². The lowest BCUT2D eigenvalue weighted by atomic mass is 9.93. The minimum atomic E-state index is -0.379. The third-order valence-electron chi connectivity index (χ3n) is 7.10. The van der Waals surface area contributed by atoms with E-state index >= 15 is 4.39 Å². The van der Waals surface area contributed by atoms with Crippen molar-refractivity contribution >= 4 is 23.6 Å². The van der Waals surface area contributed by atoms with Crippen molar-refractivity contribution in [2.24, 2.45) is 7.05 Å². The zero-order chi connectivity index (χ0) is 28.2. The molecule has 4 aromatic rings. The highest BCUT2D eigenvalue weighted by molar-refractivity contribution is 8.00. The number of hydrogen-bond donors (Lipinski definition) is 1. The summed E-state index contributed by atoms with van der Waals surface area (Å²) in [5, 5.41) is 4.23. The van der Waals surface area contributed by atoms with Crippen molar-refractivity contribution in [3.05, 3.63) is 71.8 Å². The standard InChI is InChI=1S/C30H36FN7OS/c1-6-22-28(24-11-8-7-10-23(24)20(2)3)33-30(35-40-21-18-32-37(5)19-21)34-29(22)39-26-13-9-12-25(27(26)31)38-16-14-36(4)15-17-38/h7-13,18-20H,6,14-17H2,1-5H3,(H,33,34,35). The van der Waals surface area contributed by atoms with Gasteiger partial charge in [0.15, 0.2) is 11.6 Å². The summed E-state index contributed by atoms with van der Waals surface area (Å²) in [6.45, 7) is 9.68. The molecule has 0 spiro atoms. The summed E-state index contributed by atoms with van der Waals surface area (Å²) in [6.07, 6.45) is 4.29. The van der Waals surface area contributed by atoms with E-state index in [1.807, 2.05) is 44.4 Å². The number of hydrogen-bond acceptors (Lipinski definition) is 8. The van der Waals surface area contributed by atoms with E-state index < -0.39 is 0 Å². The summed E-state index contributed by atoms with van der Waals surface area (Å²) in [5.41, 5.74) is 4.35. The molecule has 2 aromatic carbocycles. The number of ether oxygens (including phenoxy) is 1. The Morgan fingerprint density at radius 1 is 1.02 bits per heavy atom. The zero-order valence-corrected chi connectivity index (χ0v) is 24.5. The fourth-order valence-corrected chi connectivity index (χ4v) is 5.49. The number of piperazine rings is 1. The van der Waals surface area contributed by atoms with Crippen LogP contribution in [0.4, 0.5) is 16.0 Å². The Hall–Kier alpha value is -3.63. The predicted molar refractivity (Wildman–Crippen MR) is 160 cm³/mol. The van der Waals surface area contributed by atoms with Crippen molar-refractivity contribution in [1.29, 1.82) is 0 Å². The first-order valence-corrected chi connectivity index (χ1v) is 14.5. The highest BCUT2D eigenvalue weighted by Gasteiger charge is 2.23. The monoisotopic (exact) mass is 561 g/mol. The molecule has 0 amide bonds. The second-order valence-corrected chi connectivity index (χ2v) is 11.2. The SMILES string of the molecule is CCc1c(Oc2cccc(N3CCN(C)CC3)c2F)nc(NSc2cnn(C)c2)nc1-c1ccccc1C(C)C. The average Bonchev–Trinajstić information content (AvgIpc) is 3.38. The lowest BCUT2D eigenvalue weighted by Crippen LogP contribution is -2.44. The largest absolute Gasteiger partial charge is 0.435 e. The number of aromatic nitrogens is 4. The summed E-state index contributed by atoms with van der Waals surface area (Å²) in [5.74, 6) is 0.786. The van der Waals surface area contributed by atoms with Gasteiger partial charge in [0.2, 0.25) is 11.8 Å². The molecule has 0 unspecified atom stereocenters. The fraction of sp³-hybridized carbons (Fsp3) is 0.367. The van der Waals surface area contributed by atoms with Gasteiger partial charge in [0.1, 0.15) is 0 Å². The zero-order valence-electron chi connectivity index (χ0n) is 23.7. The molecule has 0 radical (unpaired) electrons. The summed E-state index contributed by atoms with van der Waals surface area (Å²) in [6, 6.07) is 13.6. The van der Waals surface area contributed by atoms with Crippen LogP contribution in [0.2, 0.25) is 0 Å². The van der Waals surface area contributed by atoms with Crippen molar-refractivity contribution < 1.29 is 9.13 Å². The van der Waals surface area contributed by atoms with Crippen molar-refractivity contribution in [2.45, 2.75) is 38.0 Å². The van der Waals surface area contributed by atoms with Gasteiger partial charge >= 0.3 is 0 Å². The molecular formula is C30H36FN7OS. The molecule has 8 nitrogen and oxygen atoms in total. The Labute approximate surface area is 239 Å². The second-order valence-electron chi connectivity index (χ2n) is 10.3. The number of rotatable bonds is 9. The lowest BCUT2D eigenvalue weighted by Gasteiger charge is -2.34. The quantitative estimate of drug-likeness (QED) is 0.237. The average molecular weight is 562 g/mol. The second kappa shape index (κ2) is 12.3. The van der Waals surface area contributed by atoms with Gasteiger partial charge in [-0.1, -0.05) is 51.1 Å². The molecule has 1 aliphatic heterocycles. The molecule has 40 heavy (non-hydrogen) atoms. The number of halogens is 1. The van der Waals surface area contributed by atoms with Crippen LogP contribution in [-0.2, 0) is 13.5 Å². The van der Waals surface area contributed by atoms with E-state index in [0.717, 1.165) is 47.9 Å². The normalized spacial score (nSPS) is 14.1. The molecule has 0 aliphatic carbocycles. The Balaban J connectivity index is 1.56. The van der Waals surface area contributed by atoms with Gasteiger partial charge in [-0.2, -0.15) is 10.1 Å². The number of aryl methyl sites for hydroxylation is 1. The Kier molecular flexibility index (Phi) is 8.56. The molecule has 3 heterocycles. The van der Waals surface area contributed by atoms with E-state index in [2.05, 4.69) is 52.6 Å². The molecule has 2 aromatic heterocycles. The van der Waals surface area contributed by atoms with Gasteiger partial charge in [0, 0.05) is 50.6 Å². The van der Waals surface area contributed by atoms with Crippen LogP contribution in [0, 0.1) is 5.82 Å². The van der Waals surface area contributed by atoms with Crippen LogP contribution in [-0.4, -0.2) is 57.9 Å². The molecule has 1 saturated heterocycles. The van der Waals surface area contributed by atoms with Crippen LogP contribution in [0.3, 0.4) is 0 Å². The fourth-order valence-electron chi connectivity index (χ4n) is 4.88. The van der Waals surface area contributed by atoms with Crippen LogP contribution in [0.5, 0.6) is 11.6 Å². The Bertz CT molecular complexity index is 1470. The number of nitrogens with zero attached hydrogens (tertiary/aromatic N) is 6. The minimum absolute atomic E-state index is 0.152. The highest BCUT2D eigenvalue weighted by Crippen LogP contribution is 2.38. The van der Waals surface area contributed by atoms with Gasteiger partial charge < -0.3 is 14.5 Å². The molecule has 1 N–H and O–H groups in total. The van der Waals surface area contributed by atoms with Gasteiger partial charge in [-0.05, 0) is 49.0 Å². The predicted octanol–water partition coefficient (Wildman–Crippen LogP) is 6.37. The Morgan fingerprint density at radius 2 is 1.80 bits per heavy atom. The first-order chi connectivity index (χ1) is 19.3. The number of nitrogens with one attached hydrogen (secondary N) is 1. The summed E-state index contributed by atoms with van der Waals surface area (Å²) in [4.78, 5) is 14.9. The molecule has 0 atom stereocenters. The van der Waals surface area contributed by atoms with E-state index in [9.17, 15) is 0 Å². The summed E-state index contributed by atoms with van der Waals surface area (Å²) >= 11 is 1.36. The van der Waals surface area contributed by atoms with Crippen molar-refractivity contribution in [3.8, 4) is 22.9 Å². The highest BCUT2D eigenvalue weighted by atomic mass is 32.2. The molecule has 210 valence electrons. The van der Waals surface area contributed by atoms with Gasteiger partial charge in [0.05, 0.1) is 22.5 Å². The van der Waals surface area contributed by atoms with E-state index in [1.165, 1.54) is 17.5 Å². The van der Waals surface area contributed by atoms with Gasteiger partial charge in [0.25, 0.3) is 0 Å². The third-order valence-corrected chi connectivity index (χ3v) is 7.83. The number of benzene rings is 2. The molecule has 1 aliphatic rings. The maximum absolute atomic E-state index is 15.9. The molecule has 5 rings (SSSR count). The van der Waals surface area contributed by atoms with Crippen molar-refractivity contribution in [3.63, 3.8) is 0 Å². The first kappa shape index (κ1) is 27.9. The smallest absolute Gasteiger partial charge is 0.237 e. The maximum Gasteiger partial charge on any atom is 0.237 e. The Morgan fingerprint density at radius 3 is 2.50 bits per heavy atom. The molecule has 10 heteroatoms. The van der Waals surface area contributed by atoms with E-state index in [4.69, 9.17) is 14.7 Å². The van der Waals surface area contributed by atoms with Crippen molar-refractivity contribution in [2.75, 3.05) is 42.8 Å². The van der Waals surface area contributed by atoms with E-state index in [-0.39, 0.29) is 11.6 Å². The lowest BCUT2D eigenvalue weighted by molar-refractivity contribution is 0.311. The van der Waals surface area contributed by atoms with E-state index in [0.29, 0.717) is 29.9 Å². The van der Waals surface area contributed by atoms with E-state index in [1.54, 1.807) is 16.9 Å².